The van der Waals surface area contributed by atoms with Crippen molar-refractivity contribution in [1.29, 1.82) is 0 Å². The summed E-state index contributed by atoms with van der Waals surface area (Å²) in [7, 11) is 1.68. The summed E-state index contributed by atoms with van der Waals surface area (Å²) in [5, 5.41) is 3.75. The molecule has 2 fully saturated rings. The first-order valence-corrected chi connectivity index (χ1v) is 21.7. The van der Waals surface area contributed by atoms with E-state index in [1.165, 1.54) is 17.7 Å². The fourth-order valence-corrected chi connectivity index (χ4v) is 8.61. The van der Waals surface area contributed by atoms with Gasteiger partial charge in [-0.2, -0.15) is 0 Å². The van der Waals surface area contributed by atoms with Crippen molar-refractivity contribution in [3.05, 3.63) is 132 Å². The molecule has 7 aromatic rings. The molecule has 1 N–H and O–H groups in total. The number of piperidine rings is 2. The Hall–Kier alpha value is -6.24. The number of hydrazine groups is 1. The van der Waals surface area contributed by atoms with Gasteiger partial charge in [0.2, 0.25) is 11.9 Å². The quantitative estimate of drug-likeness (QED) is 0.113. The molecule has 9 rings (SSSR count). The molecule has 0 aliphatic carbocycles. The molecule has 0 amide bonds. The molecule has 2 aliphatic rings. The van der Waals surface area contributed by atoms with Gasteiger partial charge in [0.15, 0.2) is 11.5 Å². The van der Waals surface area contributed by atoms with E-state index in [0.717, 1.165) is 78.6 Å². The van der Waals surface area contributed by atoms with Crippen LogP contribution in [0.4, 0.5) is 20.7 Å². The van der Waals surface area contributed by atoms with Crippen LogP contribution in [-0.2, 0) is 6.54 Å². The Labute approximate surface area is 361 Å². The lowest BCUT2D eigenvalue weighted by molar-refractivity contribution is 0.184. The third-order valence-corrected chi connectivity index (χ3v) is 11.9. The van der Waals surface area contributed by atoms with Gasteiger partial charge >= 0.3 is 0 Å². The minimum absolute atomic E-state index is 0.00830. The molecule has 0 saturated carbocycles. The average Bonchev–Trinajstić information content (AvgIpc) is 3.30. The van der Waals surface area contributed by atoms with Crippen LogP contribution in [0.25, 0.3) is 44.3 Å². The van der Waals surface area contributed by atoms with Crippen LogP contribution < -0.4 is 24.8 Å². The van der Waals surface area contributed by atoms with Gasteiger partial charge in [0.25, 0.3) is 0 Å². The van der Waals surface area contributed by atoms with E-state index in [1.54, 1.807) is 31.4 Å². The molecular weight excluding hydrogens is 783 g/mol. The zero-order valence-electron chi connectivity index (χ0n) is 35.5. The molecule has 2 saturated heterocycles. The lowest BCUT2D eigenvalue weighted by Gasteiger charge is -2.42. The number of likely N-dealkylation sites (tertiary alicyclic amines) is 1. The van der Waals surface area contributed by atoms with Gasteiger partial charge in [-0.3, -0.25) is 9.91 Å². The molecule has 0 atom stereocenters. The molecule has 2 aromatic heterocycles. The minimum atomic E-state index is -0.330. The summed E-state index contributed by atoms with van der Waals surface area (Å²) in [5.41, 5.74) is 8.64. The molecule has 62 heavy (non-hydrogen) atoms. The first kappa shape index (κ1) is 41.1. The normalized spacial score (nSPS) is 15.4. The van der Waals surface area contributed by atoms with Gasteiger partial charge in [-0.15, -0.1) is 0 Å². The third-order valence-electron chi connectivity index (χ3n) is 11.9. The van der Waals surface area contributed by atoms with E-state index >= 15 is 8.78 Å². The Bertz CT molecular complexity index is 2660. The largest absolute Gasteiger partial charge is 0.493 e. The SMILES string of the molecule is COc1ccc(CN2CCC(NN(c3nc(-c4ccccc4F)c4ccccc4n3)C3CCN(c4nc(-c5ccccc5F)c5ccccc5n4)CC3)CC2)cc1OCC(C)C. The van der Waals surface area contributed by atoms with E-state index in [-0.39, 0.29) is 23.7 Å². The highest BCUT2D eigenvalue weighted by atomic mass is 19.1. The number of halogens is 2. The summed E-state index contributed by atoms with van der Waals surface area (Å²) in [5.74, 6) is 2.37. The van der Waals surface area contributed by atoms with Crippen LogP contribution in [-0.4, -0.2) is 76.8 Å². The van der Waals surface area contributed by atoms with Crippen molar-refractivity contribution in [1.82, 2.24) is 30.3 Å². The highest BCUT2D eigenvalue weighted by Gasteiger charge is 2.32. The molecule has 0 bridgehead atoms. The first-order chi connectivity index (χ1) is 30.3. The summed E-state index contributed by atoms with van der Waals surface area (Å²) >= 11 is 0. The van der Waals surface area contributed by atoms with Crippen molar-refractivity contribution in [2.24, 2.45) is 5.92 Å². The summed E-state index contributed by atoms with van der Waals surface area (Å²) < 4.78 is 42.4. The lowest BCUT2D eigenvalue weighted by Crippen LogP contribution is -2.57. The highest BCUT2D eigenvalue weighted by Crippen LogP contribution is 2.35. The number of aromatic nitrogens is 4. The molecule has 2 aliphatic heterocycles. The summed E-state index contributed by atoms with van der Waals surface area (Å²) in [6.45, 7) is 8.85. The summed E-state index contributed by atoms with van der Waals surface area (Å²) in [4.78, 5) is 24.9. The number of nitrogens with one attached hydrogen (secondary N) is 1. The number of fused-ring (bicyclic) bond motifs is 2. The molecule has 5 aromatic carbocycles. The average molecular weight is 835 g/mol. The lowest BCUT2D eigenvalue weighted by atomic mass is 10.0. The zero-order chi connectivity index (χ0) is 42.6. The second-order valence-corrected chi connectivity index (χ2v) is 16.7. The topological polar surface area (TPSA) is 91.8 Å². The van der Waals surface area contributed by atoms with Gasteiger partial charge in [-0.25, -0.2) is 34.1 Å². The maximum Gasteiger partial charge on any atom is 0.241 e. The molecule has 10 nitrogen and oxygen atoms in total. The second-order valence-electron chi connectivity index (χ2n) is 16.7. The molecule has 0 spiro atoms. The maximum atomic E-state index is 15.5. The van der Waals surface area contributed by atoms with Crippen LogP contribution in [0.5, 0.6) is 11.5 Å². The smallest absolute Gasteiger partial charge is 0.241 e. The van der Waals surface area contributed by atoms with Crippen molar-refractivity contribution in [2.45, 2.75) is 58.2 Å². The highest BCUT2D eigenvalue weighted by molar-refractivity contribution is 5.94. The molecule has 4 heterocycles. The summed E-state index contributed by atoms with van der Waals surface area (Å²) in [6, 6.07) is 35.5. The molecule has 0 radical (unpaired) electrons. The van der Waals surface area contributed by atoms with Gasteiger partial charge in [0, 0.05) is 60.7 Å². The molecule has 0 unspecified atom stereocenters. The Kier molecular flexibility index (Phi) is 12.2. The zero-order valence-corrected chi connectivity index (χ0v) is 35.5. The van der Waals surface area contributed by atoms with Crippen LogP contribution in [0.3, 0.4) is 0 Å². The van der Waals surface area contributed by atoms with Crippen molar-refractivity contribution < 1.29 is 18.3 Å². The number of para-hydroxylation sites is 2. The van der Waals surface area contributed by atoms with Gasteiger partial charge in [-0.05, 0) is 85.7 Å². The third kappa shape index (κ3) is 8.89. The van der Waals surface area contributed by atoms with Crippen LogP contribution in [0, 0.1) is 17.6 Å². The number of rotatable bonds is 13. The predicted molar refractivity (Wildman–Crippen MR) is 242 cm³/mol. The maximum absolute atomic E-state index is 15.5. The Morgan fingerprint density at radius 1 is 0.677 bits per heavy atom. The number of benzene rings is 5. The van der Waals surface area contributed by atoms with E-state index in [1.807, 2.05) is 66.7 Å². The summed E-state index contributed by atoms with van der Waals surface area (Å²) in [6.07, 6.45) is 3.33. The Morgan fingerprint density at radius 2 is 1.27 bits per heavy atom. The molecular formula is C50H52F2N8O2. The number of ether oxygens (including phenoxy) is 2. The predicted octanol–water partition coefficient (Wildman–Crippen LogP) is 9.87. The number of hydrogen-bond acceptors (Lipinski definition) is 10. The van der Waals surface area contributed by atoms with E-state index in [0.29, 0.717) is 60.0 Å². The molecule has 12 heteroatoms. The van der Waals surface area contributed by atoms with Gasteiger partial charge in [0.05, 0.1) is 42.2 Å². The van der Waals surface area contributed by atoms with E-state index < -0.39 is 0 Å². The standard InChI is InChI=1S/C50H52F2N8O2/c1-33(2)32-62-46-30-34(20-21-45(46)61-3)31-58-26-22-35(23-27-58)57-60(50-54-44-19-11-7-15-40(44)48(56-50)38-13-5-9-17-42(38)52)36-24-28-59(29-25-36)49-53-43-18-10-6-14-39(43)47(55-49)37-12-4-8-16-41(37)51/h4-21,30,33,35-36,57H,22-29,31-32H2,1-3H3. The Morgan fingerprint density at radius 3 is 1.90 bits per heavy atom. The van der Waals surface area contributed by atoms with E-state index in [2.05, 4.69) is 46.2 Å². The number of hydrogen-bond donors (Lipinski definition) is 1. The van der Waals surface area contributed by atoms with Crippen LogP contribution >= 0.6 is 0 Å². The van der Waals surface area contributed by atoms with Crippen LogP contribution in [0.1, 0.15) is 45.1 Å². The van der Waals surface area contributed by atoms with E-state index in [9.17, 15) is 0 Å². The van der Waals surface area contributed by atoms with Crippen molar-refractivity contribution >= 4 is 33.7 Å². The van der Waals surface area contributed by atoms with Crippen molar-refractivity contribution in [3.63, 3.8) is 0 Å². The minimum Gasteiger partial charge on any atom is -0.493 e. The van der Waals surface area contributed by atoms with Gasteiger partial charge in [-0.1, -0.05) is 80.6 Å². The van der Waals surface area contributed by atoms with Crippen molar-refractivity contribution in [3.8, 4) is 34.0 Å². The number of anilines is 2. The fraction of sp³-hybridized carbons (Fsp3) is 0.320. The number of nitrogens with zero attached hydrogens (tertiary/aromatic N) is 7. The monoisotopic (exact) mass is 834 g/mol. The Balaban J connectivity index is 0.980. The van der Waals surface area contributed by atoms with Gasteiger partial charge in [0.1, 0.15) is 11.6 Å². The first-order valence-electron chi connectivity index (χ1n) is 21.7. The van der Waals surface area contributed by atoms with Crippen LogP contribution in [0.2, 0.25) is 0 Å². The number of methoxy groups -OCH3 is 1. The van der Waals surface area contributed by atoms with E-state index in [4.69, 9.17) is 29.4 Å². The fourth-order valence-electron chi connectivity index (χ4n) is 8.61. The van der Waals surface area contributed by atoms with Crippen molar-refractivity contribution in [2.75, 3.05) is 49.8 Å². The second kappa shape index (κ2) is 18.4. The van der Waals surface area contributed by atoms with Gasteiger partial charge < -0.3 is 14.4 Å². The molecule has 318 valence electrons. The van der Waals surface area contributed by atoms with Crippen LogP contribution in [0.15, 0.2) is 115 Å².